The molecule has 4 heteroatoms. The van der Waals surface area contributed by atoms with Gasteiger partial charge < -0.3 is 8.98 Å². The van der Waals surface area contributed by atoms with Gasteiger partial charge in [0, 0.05) is 21.7 Å². The lowest BCUT2D eigenvalue weighted by atomic mass is 9.94. The maximum absolute atomic E-state index is 6.31. The van der Waals surface area contributed by atoms with Crippen molar-refractivity contribution in [3.05, 3.63) is 109 Å². The first-order chi connectivity index (χ1) is 17.8. The number of nitrogens with zero attached hydrogens (tertiary/aromatic N) is 2. The van der Waals surface area contributed by atoms with Crippen molar-refractivity contribution in [1.29, 1.82) is 0 Å². The molecular weight excluding hydrogens is 442 g/mol. The van der Waals surface area contributed by atoms with E-state index in [1.807, 2.05) is 6.07 Å². The van der Waals surface area contributed by atoms with Crippen LogP contribution in [0.25, 0.3) is 54.9 Å². The molecule has 2 aliphatic heterocycles. The molecule has 0 amide bonds. The van der Waals surface area contributed by atoms with Crippen molar-refractivity contribution >= 4 is 49.5 Å². The maximum Gasteiger partial charge on any atom is 0.137 e. The van der Waals surface area contributed by atoms with Crippen LogP contribution < -0.4 is 5.32 Å². The number of aromatic nitrogens is 1. The predicted molar refractivity (Wildman–Crippen MR) is 147 cm³/mol. The molecule has 4 heterocycles. The Bertz CT molecular complexity index is 1990. The van der Waals surface area contributed by atoms with E-state index in [1.165, 1.54) is 43.9 Å². The van der Waals surface area contributed by atoms with Gasteiger partial charge in [-0.25, -0.2) is 0 Å². The second kappa shape index (κ2) is 6.62. The summed E-state index contributed by atoms with van der Waals surface area (Å²) in [5, 5.41) is 8.81. The maximum atomic E-state index is 6.31. The molecule has 0 radical (unpaired) electrons. The molecule has 0 saturated heterocycles. The summed E-state index contributed by atoms with van der Waals surface area (Å²) < 4.78 is 8.82. The predicted octanol–water partition coefficient (Wildman–Crippen LogP) is 7.45. The van der Waals surface area contributed by atoms with Crippen LogP contribution in [0.15, 0.2) is 113 Å². The van der Waals surface area contributed by atoms with Crippen LogP contribution in [0.4, 0.5) is 0 Å². The molecule has 2 aromatic heterocycles. The number of para-hydroxylation sites is 1. The summed E-state index contributed by atoms with van der Waals surface area (Å²) in [5.74, 6) is 0. The number of nitrogens with one attached hydrogen (secondary N) is 1. The molecule has 3 atom stereocenters. The van der Waals surface area contributed by atoms with Crippen LogP contribution in [0.5, 0.6) is 0 Å². The molecule has 36 heavy (non-hydrogen) atoms. The number of allylic oxidation sites excluding steroid dienone is 2. The smallest absolute Gasteiger partial charge is 0.137 e. The first-order valence-corrected chi connectivity index (χ1v) is 12.5. The summed E-state index contributed by atoms with van der Waals surface area (Å²) in [6.45, 7) is 0. The van der Waals surface area contributed by atoms with E-state index in [1.54, 1.807) is 0 Å². The summed E-state index contributed by atoms with van der Waals surface area (Å²) in [6.07, 6.45) is 8.57. The highest BCUT2D eigenvalue weighted by Crippen LogP contribution is 2.51. The third-order valence-electron chi connectivity index (χ3n) is 8.07. The minimum absolute atomic E-state index is 0.0198. The van der Waals surface area contributed by atoms with Gasteiger partial charge in [-0.05, 0) is 47.5 Å². The third-order valence-corrected chi connectivity index (χ3v) is 8.07. The molecule has 1 aliphatic carbocycles. The monoisotopic (exact) mass is 463 g/mol. The Kier molecular flexibility index (Phi) is 3.47. The molecule has 6 aromatic rings. The first kappa shape index (κ1) is 18.9. The second-order valence-corrected chi connectivity index (χ2v) is 9.96. The van der Waals surface area contributed by atoms with Crippen LogP contribution in [-0.2, 0) is 0 Å². The average Bonchev–Trinajstić information content (AvgIpc) is 3.58. The average molecular weight is 464 g/mol. The van der Waals surface area contributed by atoms with Crippen LogP contribution in [0, 0.1) is 0 Å². The number of benzene rings is 4. The Labute approximate surface area is 206 Å². The van der Waals surface area contributed by atoms with Crippen molar-refractivity contribution < 1.29 is 4.42 Å². The number of rotatable bonds is 1. The Morgan fingerprint density at radius 2 is 1.64 bits per heavy atom. The molecule has 3 unspecified atom stereocenters. The Balaban J connectivity index is 1.46. The molecule has 3 aliphatic rings. The largest absolute Gasteiger partial charge is 0.456 e. The fraction of sp³-hybridized carbons (Fsp3) is 0.0938. The first-order valence-electron chi connectivity index (χ1n) is 12.5. The van der Waals surface area contributed by atoms with Crippen LogP contribution in [-0.4, -0.2) is 16.3 Å². The summed E-state index contributed by atoms with van der Waals surface area (Å²) in [5.41, 5.74) is 9.21. The SMILES string of the molecule is C1=CC2=NC3c4cc(-c5ccccc5)cc5c6ccc7oc8ccccc8c7c6n(c45)C3NC2C=C1. The number of furan rings is 1. The van der Waals surface area contributed by atoms with Crippen LogP contribution in [0.2, 0.25) is 0 Å². The van der Waals surface area contributed by atoms with Crippen molar-refractivity contribution in [3.63, 3.8) is 0 Å². The van der Waals surface area contributed by atoms with Gasteiger partial charge in [-0.3, -0.25) is 10.3 Å². The zero-order chi connectivity index (χ0) is 23.4. The van der Waals surface area contributed by atoms with Gasteiger partial charge >= 0.3 is 0 Å². The topological polar surface area (TPSA) is 42.5 Å². The van der Waals surface area contributed by atoms with Gasteiger partial charge in [-0.15, -0.1) is 0 Å². The van der Waals surface area contributed by atoms with E-state index < -0.39 is 0 Å². The Morgan fingerprint density at radius 1 is 0.750 bits per heavy atom. The highest BCUT2D eigenvalue weighted by atomic mass is 16.3. The molecule has 0 bridgehead atoms. The second-order valence-electron chi connectivity index (χ2n) is 9.96. The van der Waals surface area contributed by atoms with Gasteiger partial charge in [-0.2, -0.15) is 0 Å². The Hall–Kier alpha value is -4.41. The van der Waals surface area contributed by atoms with Gasteiger partial charge in [0.25, 0.3) is 0 Å². The summed E-state index contributed by atoms with van der Waals surface area (Å²) in [4.78, 5) is 5.32. The van der Waals surface area contributed by atoms with Crippen molar-refractivity contribution in [2.75, 3.05) is 0 Å². The lowest BCUT2D eigenvalue weighted by molar-refractivity contribution is 0.363. The van der Waals surface area contributed by atoms with E-state index >= 15 is 0 Å². The standard InChI is InChI=1S/C32H21N3O/c1-2-8-18(9-3-1)19-16-22-20-14-15-27-28(21-10-4-7-13-26(21)36-27)31(20)35-30(22)23(17-19)29-32(35)34-25-12-6-5-11-24(25)33-29/h1-17,25,29,32,34H. The van der Waals surface area contributed by atoms with Gasteiger partial charge in [0.2, 0.25) is 0 Å². The van der Waals surface area contributed by atoms with Gasteiger partial charge in [-0.1, -0.05) is 66.8 Å². The Morgan fingerprint density at radius 3 is 2.58 bits per heavy atom. The normalized spacial score (nSPS) is 22.0. The van der Waals surface area contributed by atoms with Crippen molar-refractivity contribution in [1.82, 2.24) is 9.88 Å². The van der Waals surface area contributed by atoms with Gasteiger partial charge in [0.1, 0.15) is 23.4 Å². The lowest BCUT2D eigenvalue weighted by Crippen LogP contribution is -2.44. The summed E-state index contributed by atoms with van der Waals surface area (Å²) in [7, 11) is 0. The van der Waals surface area contributed by atoms with E-state index in [2.05, 4.69) is 107 Å². The minimum atomic E-state index is 0.0198. The van der Waals surface area contributed by atoms with E-state index in [0.29, 0.717) is 0 Å². The lowest BCUT2D eigenvalue weighted by Gasteiger charge is -2.33. The van der Waals surface area contributed by atoms with Crippen LogP contribution >= 0.6 is 0 Å². The van der Waals surface area contributed by atoms with E-state index in [9.17, 15) is 0 Å². The van der Waals surface area contributed by atoms with E-state index in [-0.39, 0.29) is 18.2 Å². The number of fused-ring (bicyclic) bond motifs is 11. The van der Waals surface area contributed by atoms with Crippen molar-refractivity contribution in [3.8, 4) is 11.1 Å². The number of aliphatic imine (C=N–C) groups is 1. The number of hydrogen-bond donors (Lipinski definition) is 1. The minimum Gasteiger partial charge on any atom is -0.456 e. The molecule has 0 spiro atoms. The van der Waals surface area contributed by atoms with Gasteiger partial charge in [0.05, 0.1) is 28.2 Å². The highest BCUT2D eigenvalue weighted by molar-refractivity contribution is 6.25. The summed E-state index contributed by atoms with van der Waals surface area (Å²) >= 11 is 0. The summed E-state index contributed by atoms with van der Waals surface area (Å²) in [6, 6.07) is 28.3. The fourth-order valence-corrected chi connectivity index (χ4v) is 6.57. The molecule has 0 fully saturated rings. The molecule has 4 nitrogen and oxygen atoms in total. The molecular formula is C32H21N3O. The molecule has 9 rings (SSSR count). The molecule has 1 N–H and O–H groups in total. The van der Waals surface area contributed by atoms with Crippen molar-refractivity contribution in [2.45, 2.75) is 18.2 Å². The van der Waals surface area contributed by atoms with E-state index in [4.69, 9.17) is 9.41 Å². The fourth-order valence-electron chi connectivity index (χ4n) is 6.57. The third kappa shape index (κ3) is 2.30. The zero-order valence-electron chi connectivity index (χ0n) is 19.3. The quantitative estimate of drug-likeness (QED) is 0.275. The zero-order valence-corrected chi connectivity index (χ0v) is 19.3. The highest BCUT2D eigenvalue weighted by Gasteiger charge is 2.41. The number of hydrogen-bond acceptors (Lipinski definition) is 3. The molecule has 4 aromatic carbocycles. The van der Waals surface area contributed by atoms with Crippen LogP contribution in [0.3, 0.4) is 0 Å². The molecule has 0 saturated carbocycles. The van der Waals surface area contributed by atoms with Crippen LogP contribution in [0.1, 0.15) is 17.8 Å². The van der Waals surface area contributed by atoms with Crippen molar-refractivity contribution in [2.24, 2.45) is 4.99 Å². The van der Waals surface area contributed by atoms with E-state index in [0.717, 1.165) is 22.3 Å². The van der Waals surface area contributed by atoms with Gasteiger partial charge in [0.15, 0.2) is 0 Å². The molecule has 170 valence electrons.